The summed E-state index contributed by atoms with van der Waals surface area (Å²) >= 11 is 1.92. The molecule has 1 N–H and O–H groups in total. The molecule has 0 saturated carbocycles. The van der Waals surface area contributed by atoms with E-state index in [1.807, 2.05) is 60.3 Å². The van der Waals surface area contributed by atoms with Gasteiger partial charge in [-0.15, -0.1) is 5.10 Å². The maximum Gasteiger partial charge on any atom is 0.253 e. The van der Waals surface area contributed by atoms with Gasteiger partial charge < -0.3 is 14.5 Å². The van der Waals surface area contributed by atoms with Crippen LogP contribution in [0.25, 0.3) is 10.9 Å². The normalized spacial score (nSPS) is 16.8. The molecule has 2 aliphatic rings. The largest absolute Gasteiger partial charge is 0.454 e. The minimum Gasteiger partial charge on any atom is -0.454 e. The highest BCUT2D eigenvalue weighted by atomic mass is 32.2. The minimum absolute atomic E-state index is 0.154. The van der Waals surface area contributed by atoms with Crippen molar-refractivity contribution in [2.75, 3.05) is 31.4 Å². The summed E-state index contributed by atoms with van der Waals surface area (Å²) in [5, 5.41) is 13.5. The maximum absolute atomic E-state index is 13.3. The molecule has 4 aromatic rings. The predicted molar refractivity (Wildman–Crippen MR) is 125 cm³/mol. The van der Waals surface area contributed by atoms with E-state index in [1.54, 1.807) is 4.68 Å². The first-order chi connectivity index (χ1) is 16.3. The third-order valence-electron chi connectivity index (χ3n) is 6.05. The Hall–Kier alpha value is -3.37. The van der Waals surface area contributed by atoms with Crippen molar-refractivity contribution in [3.05, 3.63) is 75.8 Å². The topological polar surface area (TPSA) is 98.2 Å². The summed E-state index contributed by atoms with van der Waals surface area (Å²) in [6.45, 7) is 2.43. The van der Waals surface area contributed by atoms with Crippen LogP contribution < -0.4 is 15.0 Å². The van der Waals surface area contributed by atoms with Gasteiger partial charge in [-0.2, -0.15) is 11.8 Å². The zero-order valence-electron chi connectivity index (χ0n) is 17.8. The summed E-state index contributed by atoms with van der Waals surface area (Å²) in [6, 6.07) is 15.4. The quantitative estimate of drug-likeness (QED) is 0.483. The molecule has 0 amide bonds. The van der Waals surface area contributed by atoms with Gasteiger partial charge in [0.2, 0.25) is 6.79 Å². The number of ether oxygens (including phenoxy) is 2. The fraction of sp³-hybridized carbons (Fsp3) is 0.304. The molecular weight excluding hydrogens is 440 g/mol. The molecule has 0 bridgehead atoms. The van der Waals surface area contributed by atoms with Crippen LogP contribution in [0, 0.1) is 0 Å². The molecule has 33 heavy (non-hydrogen) atoms. The van der Waals surface area contributed by atoms with E-state index in [1.165, 1.54) is 0 Å². The van der Waals surface area contributed by atoms with Crippen molar-refractivity contribution >= 4 is 22.7 Å². The van der Waals surface area contributed by atoms with Gasteiger partial charge in [0.25, 0.3) is 5.56 Å². The molecule has 0 radical (unpaired) electrons. The smallest absolute Gasteiger partial charge is 0.253 e. The van der Waals surface area contributed by atoms with Crippen LogP contribution in [0.5, 0.6) is 11.5 Å². The van der Waals surface area contributed by atoms with Crippen LogP contribution in [0.4, 0.5) is 0 Å². The molecule has 1 fully saturated rings. The molecule has 2 aliphatic heterocycles. The Kier molecular flexibility index (Phi) is 5.23. The van der Waals surface area contributed by atoms with Gasteiger partial charge in [0.05, 0.1) is 12.1 Å². The van der Waals surface area contributed by atoms with Gasteiger partial charge in [-0.3, -0.25) is 9.69 Å². The van der Waals surface area contributed by atoms with Gasteiger partial charge in [0.1, 0.15) is 6.04 Å². The molecule has 9 nitrogen and oxygen atoms in total. The lowest BCUT2D eigenvalue weighted by atomic mass is 10.0. The van der Waals surface area contributed by atoms with Crippen molar-refractivity contribution in [3.8, 4) is 11.5 Å². The molecular formula is C23H22N6O3S. The highest BCUT2D eigenvalue weighted by molar-refractivity contribution is 7.99. The second-order valence-electron chi connectivity index (χ2n) is 8.08. The van der Waals surface area contributed by atoms with E-state index in [4.69, 9.17) is 9.47 Å². The Balaban J connectivity index is 1.47. The Morgan fingerprint density at radius 3 is 2.67 bits per heavy atom. The lowest BCUT2D eigenvalue weighted by Gasteiger charge is -2.33. The van der Waals surface area contributed by atoms with Crippen LogP contribution >= 0.6 is 11.8 Å². The molecule has 10 heteroatoms. The lowest BCUT2D eigenvalue weighted by Crippen LogP contribution is -2.40. The Bertz CT molecular complexity index is 1350. The van der Waals surface area contributed by atoms with Gasteiger partial charge in [-0.05, 0) is 28.1 Å². The molecule has 4 heterocycles. The third-order valence-corrected chi connectivity index (χ3v) is 6.99. The van der Waals surface area contributed by atoms with Crippen molar-refractivity contribution in [2.24, 2.45) is 0 Å². The lowest BCUT2D eigenvalue weighted by molar-refractivity contribution is 0.174. The monoisotopic (exact) mass is 462 g/mol. The van der Waals surface area contributed by atoms with Gasteiger partial charge >= 0.3 is 0 Å². The maximum atomic E-state index is 13.3. The Labute approximate surface area is 193 Å². The van der Waals surface area contributed by atoms with Gasteiger partial charge in [-0.1, -0.05) is 30.3 Å². The Morgan fingerprint density at radius 1 is 1.06 bits per heavy atom. The summed E-state index contributed by atoms with van der Waals surface area (Å²) in [7, 11) is 0. The standard InChI is InChI=1S/C23H22N6O3S/c30-23-17(10-16-11-19-20(32-14-31-19)12-18(16)24-23)21(28-6-8-33-9-7-28)22-25-26-27-29(22)13-15-4-2-1-3-5-15/h1-5,10-12,21H,6-9,13-14H2,(H,24,30). The SMILES string of the molecule is O=c1[nH]c2cc3c(cc2cc1C(c1nnnn1Cc1ccccc1)N1CCSCC1)OCO3. The molecule has 168 valence electrons. The predicted octanol–water partition coefficient (Wildman–Crippen LogP) is 2.43. The second-order valence-corrected chi connectivity index (χ2v) is 9.30. The number of benzene rings is 2. The first-order valence-electron chi connectivity index (χ1n) is 10.8. The molecule has 6 rings (SSSR count). The van der Waals surface area contributed by atoms with Crippen LogP contribution in [0.2, 0.25) is 0 Å². The van der Waals surface area contributed by atoms with Crippen molar-refractivity contribution in [2.45, 2.75) is 12.6 Å². The zero-order valence-corrected chi connectivity index (χ0v) is 18.6. The van der Waals surface area contributed by atoms with Gasteiger partial charge in [0.15, 0.2) is 17.3 Å². The third kappa shape index (κ3) is 3.85. The number of H-pyrrole nitrogens is 1. The van der Waals surface area contributed by atoms with E-state index in [0.717, 1.165) is 35.5 Å². The number of tetrazole rings is 1. The molecule has 0 spiro atoms. The molecule has 1 saturated heterocycles. The van der Waals surface area contributed by atoms with E-state index >= 15 is 0 Å². The molecule has 1 atom stereocenters. The fourth-order valence-corrected chi connectivity index (χ4v) is 5.36. The summed E-state index contributed by atoms with van der Waals surface area (Å²) in [5.41, 5.74) is 2.28. The van der Waals surface area contributed by atoms with Crippen molar-refractivity contribution in [3.63, 3.8) is 0 Å². The Morgan fingerprint density at radius 2 is 1.85 bits per heavy atom. The second kappa shape index (κ2) is 8.53. The number of nitrogens with zero attached hydrogens (tertiary/aromatic N) is 5. The summed E-state index contributed by atoms with van der Waals surface area (Å²) in [5.74, 6) is 3.99. The van der Waals surface area contributed by atoms with E-state index in [0.29, 0.717) is 34.9 Å². The van der Waals surface area contributed by atoms with E-state index in [2.05, 4.69) is 25.4 Å². The first kappa shape index (κ1) is 20.3. The summed E-state index contributed by atoms with van der Waals surface area (Å²) in [4.78, 5) is 18.7. The molecule has 1 unspecified atom stereocenters. The number of fused-ring (bicyclic) bond motifs is 2. The van der Waals surface area contributed by atoms with Crippen LogP contribution in [0.1, 0.15) is 23.0 Å². The number of hydrogen-bond acceptors (Lipinski definition) is 8. The van der Waals surface area contributed by atoms with Crippen LogP contribution in [0.3, 0.4) is 0 Å². The van der Waals surface area contributed by atoms with E-state index in [-0.39, 0.29) is 18.4 Å². The van der Waals surface area contributed by atoms with E-state index in [9.17, 15) is 4.79 Å². The summed E-state index contributed by atoms with van der Waals surface area (Å²) in [6.07, 6.45) is 0. The van der Waals surface area contributed by atoms with Gasteiger partial charge in [-0.25, -0.2) is 4.68 Å². The zero-order chi connectivity index (χ0) is 22.2. The molecule has 2 aromatic carbocycles. The van der Waals surface area contributed by atoms with Crippen LogP contribution in [0.15, 0.2) is 53.3 Å². The fourth-order valence-electron chi connectivity index (χ4n) is 4.43. The number of aromatic amines is 1. The average molecular weight is 463 g/mol. The number of thioether (sulfide) groups is 1. The van der Waals surface area contributed by atoms with Crippen LogP contribution in [-0.4, -0.2) is 61.5 Å². The van der Waals surface area contributed by atoms with Gasteiger partial charge in [0, 0.05) is 41.6 Å². The number of hydrogen-bond donors (Lipinski definition) is 1. The minimum atomic E-state index is -0.358. The average Bonchev–Trinajstić information content (AvgIpc) is 3.49. The first-order valence-corrected chi connectivity index (χ1v) is 12.0. The van der Waals surface area contributed by atoms with Crippen molar-refractivity contribution in [1.82, 2.24) is 30.1 Å². The number of pyridine rings is 1. The molecule has 0 aliphatic carbocycles. The van der Waals surface area contributed by atoms with Crippen molar-refractivity contribution < 1.29 is 9.47 Å². The van der Waals surface area contributed by atoms with Crippen LogP contribution in [-0.2, 0) is 6.54 Å². The number of aromatic nitrogens is 5. The number of rotatable bonds is 5. The van der Waals surface area contributed by atoms with E-state index < -0.39 is 0 Å². The highest BCUT2D eigenvalue weighted by Crippen LogP contribution is 2.36. The number of nitrogens with one attached hydrogen (secondary N) is 1. The van der Waals surface area contributed by atoms with Crippen molar-refractivity contribution in [1.29, 1.82) is 0 Å². The highest BCUT2D eigenvalue weighted by Gasteiger charge is 2.31. The summed E-state index contributed by atoms with van der Waals surface area (Å²) < 4.78 is 12.8. The molecule has 2 aromatic heterocycles.